The molecule has 0 spiro atoms. The maximum Gasteiger partial charge on any atom is 0.0465 e. The molecule has 0 saturated heterocycles. The van der Waals surface area contributed by atoms with Gasteiger partial charge in [0.15, 0.2) is 0 Å². The van der Waals surface area contributed by atoms with Crippen molar-refractivity contribution in [1.82, 2.24) is 0 Å². The third-order valence-corrected chi connectivity index (χ3v) is 13.3. The van der Waals surface area contributed by atoms with E-state index in [1.54, 1.807) is 0 Å². The van der Waals surface area contributed by atoms with Gasteiger partial charge in [-0.2, -0.15) is 0 Å². The van der Waals surface area contributed by atoms with Gasteiger partial charge in [-0.25, -0.2) is 0 Å². The van der Waals surface area contributed by atoms with Crippen LogP contribution in [0.3, 0.4) is 0 Å². The minimum Gasteiger partial charge on any atom is -0.310 e. The molecule has 0 radical (unpaired) electrons. The highest BCUT2D eigenvalue weighted by Crippen LogP contribution is 2.53. The second kappa shape index (κ2) is 13.3. The molecule has 0 bridgehead atoms. The van der Waals surface area contributed by atoms with Crippen LogP contribution in [0.15, 0.2) is 200 Å². The van der Waals surface area contributed by atoms with E-state index in [2.05, 4.69) is 233 Å². The van der Waals surface area contributed by atoms with Crippen LogP contribution in [0.2, 0.25) is 0 Å². The fraction of sp³-hybridized carbons (Fsp3) is 0.103. The zero-order valence-corrected chi connectivity index (χ0v) is 34.0. The fourth-order valence-corrected chi connectivity index (χ4v) is 9.98. The molecule has 0 atom stereocenters. The summed E-state index contributed by atoms with van der Waals surface area (Å²) in [7, 11) is 0. The molecular formula is C58H45N. The summed E-state index contributed by atoms with van der Waals surface area (Å²) < 4.78 is 0. The van der Waals surface area contributed by atoms with Gasteiger partial charge in [0, 0.05) is 27.9 Å². The molecule has 0 fully saturated rings. The summed E-state index contributed by atoms with van der Waals surface area (Å²) >= 11 is 0. The third-order valence-electron chi connectivity index (χ3n) is 13.3. The smallest absolute Gasteiger partial charge is 0.0465 e. The Kier molecular flexibility index (Phi) is 7.94. The summed E-state index contributed by atoms with van der Waals surface area (Å²) in [6.07, 6.45) is 0. The molecule has 0 unspecified atom stereocenters. The van der Waals surface area contributed by atoms with Crippen LogP contribution in [0.25, 0.3) is 66.4 Å². The Morgan fingerprint density at radius 3 is 1.34 bits per heavy atom. The molecular weight excluding hydrogens is 711 g/mol. The van der Waals surface area contributed by atoms with Crippen LogP contribution in [0.1, 0.15) is 49.9 Å². The van der Waals surface area contributed by atoms with Crippen molar-refractivity contribution in [3.8, 4) is 55.6 Å². The van der Waals surface area contributed by atoms with Crippen LogP contribution < -0.4 is 4.90 Å². The number of hydrogen-bond donors (Lipinski definition) is 0. The summed E-state index contributed by atoms with van der Waals surface area (Å²) in [4.78, 5) is 2.46. The highest BCUT2D eigenvalue weighted by atomic mass is 15.1. The topological polar surface area (TPSA) is 3.24 Å². The summed E-state index contributed by atoms with van der Waals surface area (Å²) in [5, 5.41) is 2.52. The lowest BCUT2D eigenvalue weighted by Gasteiger charge is -2.30. The van der Waals surface area contributed by atoms with Crippen molar-refractivity contribution >= 4 is 27.8 Å². The Hall–Kier alpha value is -6.96. The van der Waals surface area contributed by atoms with Crippen molar-refractivity contribution in [2.75, 3.05) is 4.90 Å². The van der Waals surface area contributed by atoms with Gasteiger partial charge in [0.1, 0.15) is 0 Å². The van der Waals surface area contributed by atoms with E-state index < -0.39 is 0 Å². The molecule has 9 aromatic rings. The minimum atomic E-state index is -0.187. The zero-order chi connectivity index (χ0) is 39.9. The molecule has 1 nitrogen and oxygen atoms in total. The van der Waals surface area contributed by atoms with Crippen LogP contribution in [0.5, 0.6) is 0 Å². The standard InChI is InChI=1S/C58H45N/c1-57(2)53-17-11-10-16-49(53)51-32-29-47(36-55(51)57)59(46-27-24-42(25-28-46)44-23-22-39-14-8-9-15-43(39)34-44)48-30-33-52-50-31-26-45(35-54(50)58(3,4)56(52)37-48)41-20-18-40(19-21-41)38-12-6-5-7-13-38/h5-37H,1-4H3. The van der Waals surface area contributed by atoms with Gasteiger partial charge < -0.3 is 4.90 Å². The first-order valence-corrected chi connectivity index (χ1v) is 20.8. The Balaban J connectivity index is 0.995. The van der Waals surface area contributed by atoms with Crippen LogP contribution in [0.4, 0.5) is 17.1 Å². The average Bonchev–Trinajstić information content (AvgIpc) is 3.65. The molecule has 0 N–H and O–H groups in total. The van der Waals surface area contributed by atoms with E-state index in [4.69, 9.17) is 0 Å². The molecule has 0 amide bonds. The van der Waals surface area contributed by atoms with Gasteiger partial charge in [-0.05, 0) is 137 Å². The number of fused-ring (bicyclic) bond motifs is 7. The number of rotatable bonds is 6. The Morgan fingerprint density at radius 2 is 0.678 bits per heavy atom. The van der Waals surface area contributed by atoms with Gasteiger partial charge >= 0.3 is 0 Å². The minimum absolute atomic E-state index is 0.102. The van der Waals surface area contributed by atoms with E-state index in [-0.39, 0.29) is 10.8 Å². The van der Waals surface area contributed by atoms with Crippen LogP contribution in [0, 0.1) is 0 Å². The van der Waals surface area contributed by atoms with E-state index in [0.29, 0.717) is 0 Å². The van der Waals surface area contributed by atoms with Crippen LogP contribution >= 0.6 is 0 Å². The van der Waals surface area contributed by atoms with E-state index in [1.165, 1.54) is 88.7 Å². The molecule has 2 aliphatic rings. The molecule has 11 rings (SSSR count). The third kappa shape index (κ3) is 5.68. The summed E-state index contributed by atoms with van der Waals surface area (Å²) in [5.41, 5.74) is 21.4. The summed E-state index contributed by atoms with van der Waals surface area (Å²) in [6.45, 7) is 9.51. The second-order valence-corrected chi connectivity index (χ2v) is 17.4. The lowest BCUT2D eigenvalue weighted by molar-refractivity contribution is 0.660. The van der Waals surface area contributed by atoms with Gasteiger partial charge in [-0.1, -0.05) is 179 Å². The first-order chi connectivity index (χ1) is 28.7. The predicted molar refractivity (Wildman–Crippen MR) is 250 cm³/mol. The van der Waals surface area contributed by atoms with Crippen molar-refractivity contribution in [3.05, 3.63) is 222 Å². The Labute approximate surface area is 347 Å². The number of anilines is 3. The van der Waals surface area contributed by atoms with Gasteiger partial charge in [-0.15, -0.1) is 0 Å². The molecule has 0 aliphatic heterocycles. The Morgan fingerprint density at radius 1 is 0.271 bits per heavy atom. The number of benzene rings is 9. The van der Waals surface area contributed by atoms with Gasteiger partial charge in [0.2, 0.25) is 0 Å². The molecule has 282 valence electrons. The number of nitrogens with zero attached hydrogens (tertiary/aromatic N) is 1. The monoisotopic (exact) mass is 755 g/mol. The largest absolute Gasteiger partial charge is 0.310 e. The first-order valence-electron chi connectivity index (χ1n) is 20.8. The molecule has 0 heterocycles. The Bertz CT molecular complexity index is 3080. The fourth-order valence-electron chi connectivity index (χ4n) is 9.98. The SMILES string of the molecule is CC1(C)c2ccccc2-c2ccc(N(c3ccc(-c4ccc5ccccc5c4)cc3)c3ccc4c(c3)C(C)(C)c3cc(-c5ccc(-c6ccccc6)cc5)ccc3-4)cc21. The lowest BCUT2D eigenvalue weighted by Crippen LogP contribution is -2.18. The maximum absolute atomic E-state index is 2.46. The van der Waals surface area contributed by atoms with Crippen molar-refractivity contribution < 1.29 is 0 Å². The van der Waals surface area contributed by atoms with E-state index in [0.717, 1.165) is 17.1 Å². The molecule has 9 aromatic carbocycles. The predicted octanol–water partition coefficient (Wildman–Crippen LogP) is 15.9. The highest BCUT2D eigenvalue weighted by Gasteiger charge is 2.38. The van der Waals surface area contributed by atoms with Crippen molar-refractivity contribution in [2.45, 2.75) is 38.5 Å². The average molecular weight is 756 g/mol. The van der Waals surface area contributed by atoms with Crippen molar-refractivity contribution in [1.29, 1.82) is 0 Å². The maximum atomic E-state index is 2.46. The van der Waals surface area contributed by atoms with Gasteiger partial charge in [0.05, 0.1) is 0 Å². The first kappa shape index (κ1) is 35.2. The molecule has 1 heteroatoms. The molecule has 59 heavy (non-hydrogen) atoms. The van der Waals surface area contributed by atoms with E-state index >= 15 is 0 Å². The second-order valence-electron chi connectivity index (χ2n) is 17.4. The normalized spacial score (nSPS) is 14.0. The van der Waals surface area contributed by atoms with Crippen LogP contribution in [-0.2, 0) is 10.8 Å². The summed E-state index contributed by atoms with van der Waals surface area (Å²) in [6, 6.07) is 74.3. The number of hydrogen-bond acceptors (Lipinski definition) is 1. The van der Waals surface area contributed by atoms with E-state index in [1.807, 2.05) is 0 Å². The molecule has 0 aromatic heterocycles. The van der Waals surface area contributed by atoms with Crippen molar-refractivity contribution in [3.63, 3.8) is 0 Å². The highest BCUT2D eigenvalue weighted by molar-refractivity contribution is 5.91. The zero-order valence-electron chi connectivity index (χ0n) is 34.0. The van der Waals surface area contributed by atoms with Crippen molar-refractivity contribution in [2.24, 2.45) is 0 Å². The van der Waals surface area contributed by atoms with Gasteiger partial charge in [-0.3, -0.25) is 0 Å². The van der Waals surface area contributed by atoms with E-state index in [9.17, 15) is 0 Å². The van der Waals surface area contributed by atoms with Crippen LogP contribution in [-0.4, -0.2) is 0 Å². The summed E-state index contributed by atoms with van der Waals surface area (Å²) in [5.74, 6) is 0. The lowest BCUT2D eigenvalue weighted by atomic mass is 9.81. The van der Waals surface area contributed by atoms with Gasteiger partial charge in [0.25, 0.3) is 0 Å². The quantitative estimate of drug-likeness (QED) is 0.163. The molecule has 0 saturated carbocycles. The molecule has 2 aliphatic carbocycles.